The largest absolute Gasteiger partial charge is 0.497 e. The minimum absolute atomic E-state index is 0.240. The molecule has 31 heavy (non-hydrogen) atoms. The predicted octanol–water partition coefficient (Wildman–Crippen LogP) is 4.07. The van der Waals surface area contributed by atoms with Crippen molar-refractivity contribution in [2.24, 2.45) is 0 Å². The Morgan fingerprint density at radius 3 is 2.23 bits per heavy atom. The van der Waals surface area contributed by atoms with Crippen molar-refractivity contribution in [3.8, 4) is 11.5 Å². The summed E-state index contributed by atoms with van der Waals surface area (Å²) in [5.41, 5.74) is 1.99. The van der Waals surface area contributed by atoms with Gasteiger partial charge < -0.3 is 20.1 Å². The van der Waals surface area contributed by atoms with E-state index in [-0.39, 0.29) is 11.8 Å². The maximum Gasteiger partial charge on any atom is 0.265 e. The summed E-state index contributed by atoms with van der Waals surface area (Å²) in [4.78, 5) is 25.3. The zero-order valence-corrected chi connectivity index (χ0v) is 17.6. The first kappa shape index (κ1) is 21.9. The lowest BCUT2D eigenvalue weighted by molar-refractivity contribution is -0.122. The van der Waals surface area contributed by atoms with Crippen molar-refractivity contribution in [3.05, 3.63) is 90.0 Å². The first-order valence-corrected chi connectivity index (χ1v) is 10.1. The number of amides is 2. The van der Waals surface area contributed by atoms with Crippen molar-refractivity contribution in [3.63, 3.8) is 0 Å². The van der Waals surface area contributed by atoms with E-state index in [2.05, 4.69) is 10.6 Å². The summed E-state index contributed by atoms with van der Waals surface area (Å²) in [5, 5.41) is 5.70. The number of para-hydroxylation sites is 1. The van der Waals surface area contributed by atoms with Crippen molar-refractivity contribution in [2.75, 3.05) is 19.0 Å². The lowest BCUT2D eigenvalue weighted by atomic mass is 10.1. The van der Waals surface area contributed by atoms with Crippen LogP contribution in [0.2, 0.25) is 0 Å². The summed E-state index contributed by atoms with van der Waals surface area (Å²) in [7, 11) is 1.58. The van der Waals surface area contributed by atoms with Gasteiger partial charge in [-0.1, -0.05) is 42.5 Å². The Morgan fingerprint density at radius 1 is 0.871 bits per heavy atom. The first-order chi connectivity index (χ1) is 15.1. The number of carbonyl (C=O) groups is 2. The Morgan fingerprint density at radius 2 is 1.52 bits per heavy atom. The van der Waals surface area contributed by atoms with Crippen molar-refractivity contribution >= 4 is 17.5 Å². The summed E-state index contributed by atoms with van der Waals surface area (Å²) >= 11 is 0. The molecule has 2 N–H and O–H groups in total. The lowest BCUT2D eigenvalue weighted by Crippen LogP contribution is -2.32. The summed E-state index contributed by atoms with van der Waals surface area (Å²) < 4.78 is 10.8. The minimum Gasteiger partial charge on any atom is -0.497 e. The van der Waals surface area contributed by atoms with Crippen LogP contribution in [-0.2, 0) is 11.2 Å². The molecule has 0 unspecified atom stereocenters. The maximum absolute atomic E-state index is 12.7. The van der Waals surface area contributed by atoms with Crippen LogP contribution in [-0.4, -0.2) is 31.6 Å². The smallest absolute Gasteiger partial charge is 0.265 e. The number of methoxy groups -OCH3 is 1. The molecule has 2 amide bonds. The van der Waals surface area contributed by atoms with Crippen LogP contribution in [0.15, 0.2) is 78.9 Å². The summed E-state index contributed by atoms with van der Waals surface area (Å²) in [6, 6.07) is 23.8. The second kappa shape index (κ2) is 10.8. The lowest BCUT2D eigenvalue weighted by Gasteiger charge is -2.16. The topological polar surface area (TPSA) is 76.7 Å². The maximum atomic E-state index is 12.7. The van der Waals surface area contributed by atoms with Crippen LogP contribution in [0.5, 0.6) is 11.5 Å². The monoisotopic (exact) mass is 418 g/mol. The van der Waals surface area contributed by atoms with Gasteiger partial charge in [0.2, 0.25) is 0 Å². The summed E-state index contributed by atoms with van der Waals surface area (Å²) in [5.74, 6) is 0.669. The van der Waals surface area contributed by atoms with Gasteiger partial charge in [-0.15, -0.1) is 0 Å². The highest BCUT2D eigenvalue weighted by molar-refractivity contribution is 6.04. The van der Waals surface area contributed by atoms with Crippen LogP contribution in [0.1, 0.15) is 22.8 Å². The fourth-order valence-corrected chi connectivity index (χ4v) is 3.00. The van der Waals surface area contributed by atoms with E-state index < -0.39 is 6.10 Å². The molecule has 6 heteroatoms. The number of hydrogen-bond acceptors (Lipinski definition) is 4. The highest BCUT2D eigenvalue weighted by Crippen LogP contribution is 2.20. The molecule has 0 aliphatic carbocycles. The summed E-state index contributed by atoms with van der Waals surface area (Å²) in [6.45, 7) is 2.16. The number of ether oxygens (including phenoxy) is 2. The van der Waals surface area contributed by atoms with Crippen LogP contribution in [0.25, 0.3) is 0 Å². The number of hydrogen-bond donors (Lipinski definition) is 2. The van der Waals surface area contributed by atoms with Gasteiger partial charge in [0, 0.05) is 6.54 Å². The minimum atomic E-state index is -0.748. The van der Waals surface area contributed by atoms with Gasteiger partial charge >= 0.3 is 0 Å². The molecule has 0 heterocycles. The molecule has 0 aliphatic heterocycles. The van der Waals surface area contributed by atoms with Crippen molar-refractivity contribution in [1.82, 2.24) is 5.32 Å². The van der Waals surface area contributed by atoms with E-state index in [0.717, 1.165) is 12.0 Å². The zero-order valence-electron chi connectivity index (χ0n) is 17.6. The van der Waals surface area contributed by atoms with Gasteiger partial charge in [-0.05, 0) is 55.3 Å². The Labute approximate surface area is 182 Å². The van der Waals surface area contributed by atoms with E-state index in [1.807, 2.05) is 30.3 Å². The van der Waals surface area contributed by atoms with Crippen LogP contribution in [0.3, 0.4) is 0 Å². The van der Waals surface area contributed by atoms with Crippen LogP contribution >= 0.6 is 0 Å². The second-order valence-corrected chi connectivity index (χ2v) is 6.96. The number of rotatable bonds is 9. The summed E-state index contributed by atoms with van der Waals surface area (Å²) in [6.07, 6.45) is -0.0176. The van der Waals surface area contributed by atoms with Gasteiger partial charge in [0.1, 0.15) is 11.5 Å². The molecule has 0 saturated heterocycles. The number of benzene rings is 3. The molecule has 0 fully saturated rings. The number of nitrogens with one attached hydrogen (secondary N) is 2. The van der Waals surface area contributed by atoms with E-state index >= 15 is 0 Å². The molecule has 0 aromatic heterocycles. The van der Waals surface area contributed by atoms with Gasteiger partial charge in [-0.25, -0.2) is 0 Å². The van der Waals surface area contributed by atoms with E-state index in [9.17, 15) is 9.59 Å². The molecule has 0 aliphatic rings. The van der Waals surface area contributed by atoms with Crippen LogP contribution in [0, 0.1) is 0 Å². The van der Waals surface area contributed by atoms with Crippen LogP contribution in [0.4, 0.5) is 5.69 Å². The third kappa shape index (κ3) is 6.34. The van der Waals surface area contributed by atoms with Crippen molar-refractivity contribution < 1.29 is 19.1 Å². The Kier molecular flexibility index (Phi) is 7.65. The normalized spacial score (nSPS) is 11.3. The number of carbonyl (C=O) groups excluding carboxylic acids is 2. The van der Waals surface area contributed by atoms with E-state index in [0.29, 0.717) is 29.3 Å². The first-order valence-electron chi connectivity index (χ1n) is 10.1. The third-order valence-electron chi connectivity index (χ3n) is 4.71. The van der Waals surface area contributed by atoms with Crippen LogP contribution < -0.4 is 20.1 Å². The quantitative estimate of drug-likeness (QED) is 0.549. The zero-order chi connectivity index (χ0) is 22.1. The van der Waals surface area contributed by atoms with E-state index in [1.165, 1.54) is 0 Å². The third-order valence-corrected chi connectivity index (χ3v) is 4.71. The molecule has 0 saturated carbocycles. The molecule has 3 aromatic rings. The fourth-order valence-electron chi connectivity index (χ4n) is 3.00. The average molecular weight is 418 g/mol. The molecule has 0 spiro atoms. The SMILES string of the molecule is COc1ccc(O[C@@H](C)C(=O)Nc2ccccc2C(=O)NCCc2ccccc2)cc1. The van der Waals surface area contributed by atoms with E-state index in [4.69, 9.17) is 9.47 Å². The highest BCUT2D eigenvalue weighted by atomic mass is 16.5. The molecule has 3 aromatic carbocycles. The molecule has 0 radical (unpaired) electrons. The second-order valence-electron chi connectivity index (χ2n) is 6.96. The Balaban J connectivity index is 1.58. The number of anilines is 1. The molecule has 160 valence electrons. The standard InChI is InChI=1S/C25H26N2O4/c1-18(31-21-14-12-20(30-2)13-15-21)24(28)27-23-11-7-6-10-22(23)25(29)26-17-16-19-8-4-3-5-9-19/h3-15,18H,16-17H2,1-2H3,(H,26,29)(H,27,28)/t18-/m0/s1. The molecule has 1 atom stereocenters. The molecular weight excluding hydrogens is 392 g/mol. The molecule has 3 rings (SSSR count). The predicted molar refractivity (Wildman–Crippen MR) is 121 cm³/mol. The van der Waals surface area contributed by atoms with Gasteiger partial charge in [0.05, 0.1) is 18.4 Å². The highest BCUT2D eigenvalue weighted by Gasteiger charge is 2.18. The fraction of sp³-hybridized carbons (Fsp3) is 0.200. The molecule has 6 nitrogen and oxygen atoms in total. The van der Waals surface area contributed by atoms with Crippen molar-refractivity contribution in [2.45, 2.75) is 19.4 Å². The van der Waals surface area contributed by atoms with Gasteiger partial charge in [-0.3, -0.25) is 9.59 Å². The molecule has 0 bridgehead atoms. The average Bonchev–Trinajstić information content (AvgIpc) is 2.80. The van der Waals surface area contributed by atoms with E-state index in [1.54, 1.807) is 62.6 Å². The van der Waals surface area contributed by atoms with Crippen molar-refractivity contribution in [1.29, 1.82) is 0 Å². The van der Waals surface area contributed by atoms with Gasteiger partial charge in [0.25, 0.3) is 11.8 Å². The Bertz CT molecular complexity index is 1000. The van der Waals surface area contributed by atoms with Gasteiger partial charge in [0.15, 0.2) is 6.10 Å². The van der Waals surface area contributed by atoms with Gasteiger partial charge in [-0.2, -0.15) is 0 Å². The Hall–Kier alpha value is -3.80. The molecular formula is C25H26N2O4.